The lowest BCUT2D eigenvalue weighted by atomic mass is 9.83. The maximum absolute atomic E-state index is 13.6. The number of para-hydroxylation sites is 2. The van der Waals surface area contributed by atoms with Gasteiger partial charge in [0.15, 0.2) is 15.4 Å². The van der Waals surface area contributed by atoms with Crippen molar-refractivity contribution in [2.45, 2.75) is 70.1 Å². The van der Waals surface area contributed by atoms with E-state index in [4.69, 9.17) is 4.42 Å². The Morgan fingerprint density at radius 3 is 2.43 bits per heavy atom. The molecule has 198 valence electrons. The van der Waals surface area contributed by atoms with Crippen LogP contribution in [0.4, 0.5) is 0 Å². The first kappa shape index (κ1) is 27.0. The van der Waals surface area contributed by atoms with Gasteiger partial charge in [0, 0.05) is 0 Å². The SMILES string of the molecule is CCC[C@@H](NC(=O)[C@H](CC1CCCCC1)CS(=O)(=O)Cc1ccccc1)C(=O)c1nc2ccccc2o1. The van der Waals surface area contributed by atoms with Crippen LogP contribution in [-0.4, -0.2) is 36.9 Å². The largest absolute Gasteiger partial charge is 0.434 e. The standard InChI is InChI=1S/C29H36N2O5S/c1-2-11-25(27(32)29-31-24-16-9-10-17-26(24)36-29)30-28(33)23(18-21-12-5-3-6-13-21)20-37(34,35)19-22-14-7-4-8-15-22/h4,7-10,14-17,21,23,25H,2-3,5-6,11-13,18-20H2,1H3,(H,30,33)/t23-,25-/m1/s1. The van der Waals surface area contributed by atoms with Gasteiger partial charge in [-0.25, -0.2) is 13.4 Å². The molecule has 2 atom stereocenters. The quantitative estimate of drug-likeness (QED) is 0.314. The number of oxazole rings is 1. The first-order valence-corrected chi connectivity index (χ1v) is 15.1. The molecule has 0 bridgehead atoms. The summed E-state index contributed by atoms with van der Waals surface area (Å²) in [5.41, 5.74) is 1.79. The van der Waals surface area contributed by atoms with Crippen LogP contribution < -0.4 is 5.32 Å². The number of fused-ring (bicyclic) bond motifs is 1. The van der Waals surface area contributed by atoms with Crippen molar-refractivity contribution in [1.82, 2.24) is 10.3 Å². The molecule has 8 heteroatoms. The van der Waals surface area contributed by atoms with E-state index in [2.05, 4.69) is 10.3 Å². The van der Waals surface area contributed by atoms with Crippen LogP contribution in [0.2, 0.25) is 0 Å². The number of rotatable bonds is 12. The van der Waals surface area contributed by atoms with Crippen molar-refractivity contribution < 1.29 is 22.4 Å². The first-order valence-electron chi connectivity index (χ1n) is 13.3. The third-order valence-electron chi connectivity index (χ3n) is 7.11. The number of carbonyl (C=O) groups is 2. The van der Waals surface area contributed by atoms with E-state index in [0.29, 0.717) is 41.8 Å². The van der Waals surface area contributed by atoms with Crippen LogP contribution >= 0.6 is 0 Å². The Balaban J connectivity index is 1.51. The topological polar surface area (TPSA) is 106 Å². The van der Waals surface area contributed by atoms with Crippen molar-refractivity contribution in [3.63, 3.8) is 0 Å². The number of amides is 1. The van der Waals surface area contributed by atoms with Gasteiger partial charge in [0.25, 0.3) is 5.89 Å². The van der Waals surface area contributed by atoms with E-state index < -0.39 is 27.6 Å². The normalized spacial score (nSPS) is 16.4. The number of benzene rings is 2. The fourth-order valence-corrected chi connectivity index (χ4v) is 6.96. The number of Topliss-reactive ketones (excluding diaryl/α,β-unsaturated/α-hetero) is 1. The second-order valence-corrected chi connectivity index (χ2v) is 12.3. The lowest BCUT2D eigenvalue weighted by Gasteiger charge is -2.27. The molecule has 1 heterocycles. The second kappa shape index (κ2) is 12.5. The van der Waals surface area contributed by atoms with Gasteiger partial charge < -0.3 is 9.73 Å². The number of ketones is 1. The van der Waals surface area contributed by atoms with Crippen LogP contribution in [-0.2, 0) is 20.4 Å². The minimum Gasteiger partial charge on any atom is -0.434 e. The van der Waals surface area contributed by atoms with E-state index in [0.717, 1.165) is 25.7 Å². The summed E-state index contributed by atoms with van der Waals surface area (Å²) in [6, 6.07) is 15.3. The summed E-state index contributed by atoms with van der Waals surface area (Å²) in [7, 11) is -3.54. The summed E-state index contributed by atoms with van der Waals surface area (Å²) in [4.78, 5) is 31.2. The van der Waals surface area contributed by atoms with Crippen molar-refractivity contribution in [3.05, 3.63) is 66.1 Å². The Morgan fingerprint density at radius 2 is 1.73 bits per heavy atom. The Bertz CT molecular complexity index is 1260. The van der Waals surface area contributed by atoms with Gasteiger partial charge in [0.2, 0.25) is 11.7 Å². The number of sulfone groups is 1. The highest BCUT2D eigenvalue weighted by molar-refractivity contribution is 7.90. The van der Waals surface area contributed by atoms with E-state index in [1.54, 1.807) is 30.3 Å². The molecule has 1 N–H and O–H groups in total. The molecule has 1 amide bonds. The van der Waals surface area contributed by atoms with Gasteiger partial charge in [-0.05, 0) is 36.5 Å². The highest BCUT2D eigenvalue weighted by atomic mass is 32.2. The summed E-state index contributed by atoms with van der Waals surface area (Å²) in [6.07, 6.45) is 6.97. The van der Waals surface area contributed by atoms with Crippen molar-refractivity contribution >= 4 is 32.6 Å². The van der Waals surface area contributed by atoms with Crippen LogP contribution in [0, 0.1) is 11.8 Å². The molecule has 0 unspecified atom stereocenters. The van der Waals surface area contributed by atoms with Crippen LogP contribution in [0.25, 0.3) is 11.1 Å². The van der Waals surface area contributed by atoms with Crippen LogP contribution in [0.1, 0.15) is 74.5 Å². The number of aromatic nitrogens is 1. The molecule has 7 nitrogen and oxygen atoms in total. The van der Waals surface area contributed by atoms with Crippen molar-refractivity contribution in [2.24, 2.45) is 11.8 Å². The molecule has 2 aromatic carbocycles. The Morgan fingerprint density at radius 1 is 1.03 bits per heavy atom. The number of nitrogens with zero attached hydrogens (tertiary/aromatic N) is 1. The number of carbonyl (C=O) groups excluding carboxylic acids is 2. The van der Waals surface area contributed by atoms with Gasteiger partial charge >= 0.3 is 0 Å². The lowest BCUT2D eigenvalue weighted by Crippen LogP contribution is -2.45. The fourth-order valence-electron chi connectivity index (χ4n) is 5.24. The molecule has 3 aromatic rings. The van der Waals surface area contributed by atoms with E-state index in [-0.39, 0.29) is 23.3 Å². The molecule has 1 fully saturated rings. The molecule has 1 aromatic heterocycles. The molecule has 37 heavy (non-hydrogen) atoms. The van der Waals surface area contributed by atoms with E-state index in [1.165, 1.54) is 6.42 Å². The van der Waals surface area contributed by atoms with Crippen LogP contribution in [0.3, 0.4) is 0 Å². The molecule has 1 saturated carbocycles. The molecule has 0 radical (unpaired) electrons. The molecule has 0 spiro atoms. The Kier molecular flexibility index (Phi) is 9.14. The van der Waals surface area contributed by atoms with Gasteiger partial charge in [-0.15, -0.1) is 0 Å². The van der Waals surface area contributed by atoms with Gasteiger partial charge in [-0.3, -0.25) is 9.59 Å². The molecule has 1 aliphatic rings. The number of hydrogen-bond donors (Lipinski definition) is 1. The zero-order valence-corrected chi connectivity index (χ0v) is 22.2. The molecule has 4 rings (SSSR count). The van der Waals surface area contributed by atoms with Gasteiger partial charge in [0.1, 0.15) is 5.52 Å². The second-order valence-electron chi connectivity index (χ2n) is 10.2. The summed E-state index contributed by atoms with van der Waals surface area (Å²) >= 11 is 0. The Hall–Kier alpha value is -3.00. The molecule has 1 aliphatic carbocycles. The monoisotopic (exact) mass is 524 g/mol. The average molecular weight is 525 g/mol. The zero-order valence-electron chi connectivity index (χ0n) is 21.4. The van der Waals surface area contributed by atoms with Gasteiger partial charge in [-0.2, -0.15) is 0 Å². The highest BCUT2D eigenvalue weighted by Gasteiger charge is 2.33. The maximum Gasteiger partial charge on any atom is 0.266 e. The fraction of sp³-hybridized carbons (Fsp3) is 0.483. The minimum absolute atomic E-state index is 0.0412. The lowest BCUT2D eigenvalue weighted by molar-refractivity contribution is -0.125. The summed E-state index contributed by atoms with van der Waals surface area (Å²) < 4.78 is 32.0. The summed E-state index contributed by atoms with van der Waals surface area (Å²) in [5, 5.41) is 2.88. The average Bonchev–Trinajstić information content (AvgIpc) is 3.33. The maximum atomic E-state index is 13.6. The third-order valence-corrected chi connectivity index (χ3v) is 8.80. The smallest absolute Gasteiger partial charge is 0.266 e. The summed E-state index contributed by atoms with van der Waals surface area (Å²) in [5.74, 6) is -1.56. The number of hydrogen-bond acceptors (Lipinski definition) is 6. The predicted molar refractivity (Wildman–Crippen MR) is 144 cm³/mol. The first-order chi connectivity index (χ1) is 17.8. The van der Waals surface area contributed by atoms with Crippen molar-refractivity contribution in [3.8, 4) is 0 Å². The molecular weight excluding hydrogens is 488 g/mol. The molecule has 0 saturated heterocycles. The van der Waals surface area contributed by atoms with E-state index in [9.17, 15) is 18.0 Å². The number of nitrogens with one attached hydrogen (secondary N) is 1. The van der Waals surface area contributed by atoms with Gasteiger partial charge in [-0.1, -0.05) is 87.9 Å². The predicted octanol–water partition coefficient (Wildman–Crippen LogP) is 5.50. The van der Waals surface area contributed by atoms with Gasteiger partial charge in [0.05, 0.1) is 23.5 Å². The highest BCUT2D eigenvalue weighted by Crippen LogP contribution is 2.30. The third kappa shape index (κ3) is 7.51. The van der Waals surface area contributed by atoms with Crippen molar-refractivity contribution in [1.29, 1.82) is 0 Å². The summed E-state index contributed by atoms with van der Waals surface area (Å²) in [6.45, 7) is 1.93. The van der Waals surface area contributed by atoms with E-state index in [1.807, 2.05) is 31.2 Å². The minimum atomic E-state index is -3.54. The molecule has 0 aliphatic heterocycles. The Labute approximate surface area is 219 Å². The van der Waals surface area contributed by atoms with Crippen molar-refractivity contribution in [2.75, 3.05) is 5.75 Å². The molecular formula is C29H36N2O5S. The van der Waals surface area contributed by atoms with E-state index >= 15 is 0 Å². The van der Waals surface area contributed by atoms with Crippen LogP contribution in [0.15, 0.2) is 59.0 Å². The van der Waals surface area contributed by atoms with Crippen LogP contribution in [0.5, 0.6) is 0 Å². The zero-order chi connectivity index (χ0) is 26.3.